The molecule has 6 nitrogen and oxygen atoms in total. The summed E-state index contributed by atoms with van der Waals surface area (Å²) in [7, 11) is 0. The maximum Gasteiger partial charge on any atom is 0.272 e. The number of nitro benzene ring substituents is 1. The predicted octanol–water partition coefficient (Wildman–Crippen LogP) is 4.23. The fourth-order valence-corrected chi connectivity index (χ4v) is 2.42. The smallest absolute Gasteiger partial charge is 0.267 e. The number of unbranched alkanes of at least 4 members (excludes halogenated alkanes) is 1. The minimum Gasteiger partial charge on any atom is -0.267 e. The van der Waals surface area contributed by atoms with Crippen LogP contribution in [0.4, 0.5) is 5.69 Å². The van der Waals surface area contributed by atoms with Gasteiger partial charge in [-0.3, -0.25) is 14.9 Å². The van der Waals surface area contributed by atoms with Crippen LogP contribution >= 0.6 is 0 Å². The van der Waals surface area contributed by atoms with Gasteiger partial charge in [-0.25, -0.2) is 5.43 Å². The zero-order valence-electron chi connectivity index (χ0n) is 14.4. The molecule has 0 aliphatic heterocycles. The van der Waals surface area contributed by atoms with Crippen LogP contribution in [0.3, 0.4) is 0 Å². The maximum absolute atomic E-state index is 12.3. The number of hydrogen-bond donors (Lipinski definition) is 1. The van der Waals surface area contributed by atoms with E-state index in [2.05, 4.69) is 17.5 Å². The molecule has 2 rings (SSSR count). The van der Waals surface area contributed by atoms with Crippen LogP contribution in [-0.4, -0.2) is 16.5 Å². The highest BCUT2D eigenvalue weighted by Crippen LogP contribution is 2.18. The summed E-state index contributed by atoms with van der Waals surface area (Å²) in [5.41, 5.74) is 5.12. The van der Waals surface area contributed by atoms with E-state index < -0.39 is 4.92 Å². The van der Waals surface area contributed by atoms with Crippen LogP contribution in [0.2, 0.25) is 0 Å². The van der Waals surface area contributed by atoms with Gasteiger partial charge in [-0.05, 0) is 37.5 Å². The van der Waals surface area contributed by atoms with Gasteiger partial charge in [-0.1, -0.05) is 43.7 Å². The molecule has 0 unspecified atom stereocenters. The van der Waals surface area contributed by atoms with Crippen molar-refractivity contribution in [2.75, 3.05) is 0 Å². The number of benzene rings is 2. The van der Waals surface area contributed by atoms with Gasteiger partial charge in [-0.15, -0.1) is 0 Å². The van der Waals surface area contributed by atoms with E-state index >= 15 is 0 Å². The van der Waals surface area contributed by atoms with Crippen molar-refractivity contribution in [1.29, 1.82) is 0 Å². The van der Waals surface area contributed by atoms with E-state index in [1.54, 1.807) is 6.92 Å². The van der Waals surface area contributed by atoms with Crippen LogP contribution in [0, 0.1) is 17.0 Å². The number of hydrazone groups is 1. The number of carbonyl (C=O) groups is 1. The number of nitrogens with zero attached hydrogens (tertiary/aromatic N) is 2. The molecule has 0 bridgehead atoms. The predicted molar refractivity (Wildman–Crippen MR) is 97.8 cm³/mol. The largest absolute Gasteiger partial charge is 0.272 e. The number of nitrogens with one attached hydrogen (secondary N) is 1. The third-order valence-electron chi connectivity index (χ3n) is 3.82. The first-order valence-electron chi connectivity index (χ1n) is 8.20. The number of amides is 1. The molecule has 25 heavy (non-hydrogen) atoms. The second-order valence-electron chi connectivity index (χ2n) is 5.73. The van der Waals surface area contributed by atoms with Crippen molar-refractivity contribution in [3.63, 3.8) is 0 Å². The molecule has 2 aromatic rings. The SMILES string of the molecule is CCCCC(=NNC(=O)c1ccc([N+](=O)[O-])c(C)c1)c1ccccc1. The Morgan fingerprint density at radius 3 is 2.48 bits per heavy atom. The zero-order chi connectivity index (χ0) is 18.2. The van der Waals surface area contributed by atoms with Gasteiger partial charge in [-0.2, -0.15) is 5.10 Å². The Bertz CT molecular complexity index is 786. The molecule has 1 amide bonds. The molecule has 6 heteroatoms. The van der Waals surface area contributed by atoms with Gasteiger partial charge in [0.25, 0.3) is 11.6 Å². The monoisotopic (exact) mass is 339 g/mol. The number of carbonyl (C=O) groups excluding carboxylic acids is 1. The summed E-state index contributed by atoms with van der Waals surface area (Å²) in [5.74, 6) is -0.386. The van der Waals surface area contributed by atoms with Crippen molar-refractivity contribution in [2.45, 2.75) is 33.1 Å². The summed E-state index contributed by atoms with van der Waals surface area (Å²) in [5, 5.41) is 15.1. The first-order valence-corrected chi connectivity index (χ1v) is 8.20. The average Bonchev–Trinajstić information content (AvgIpc) is 2.62. The molecule has 2 aromatic carbocycles. The van der Waals surface area contributed by atoms with Gasteiger partial charge >= 0.3 is 0 Å². The molecule has 0 atom stereocenters. The minimum atomic E-state index is -0.465. The summed E-state index contributed by atoms with van der Waals surface area (Å²) in [4.78, 5) is 22.7. The molecular weight excluding hydrogens is 318 g/mol. The summed E-state index contributed by atoms with van der Waals surface area (Å²) < 4.78 is 0. The number of nitro groups is 1. The summed E-state index contributed by atoms with van der Waals surface area (Å²) in [6.07, 6.45) is 2.77. The van der Waals surface area contributed by atoms with E-state index in [0.717, 1.165) is 30.5 Å². The van der Waals surface area contributed by atoms with Gasteiger partial charge in [0, 0.05) is 17.2 Å². The van der Waals surface area contributed by atoms with Crippen LogP contribution in [0.25, 0.3) is 0 Å². The average molecular weight is 339 g/mol. The topological polar surface area (TPSA) is 84.6 Å². The highest BCUT2D eigenvalue weighted by atomic mass is 16.6. The third kappa shape index (κ3) is 4.97. The lowest BCUT2D eigenvalue weighted by molar-refractivity contribution is -0.385. The van der Waals surface area contributed by atoms with Gasteiger partial charge in [0.2, 0.25) is 0 Å². The van der Waals surface area contributed by atoms with E-state index in [1.165, 1.54) is 18.2 Å². The summed E-state index contributed by atoms with van der Waals surface area (Å²) >= 11 is 0. The Morgan fingerprint density at radius 1 is 1.16 bits per heavy atom. The molecule has 0 fully saturated rings. The van der Waals surface area contributed by atoms with Gasteiger partial charge in [0.1, 0.15) is 0 Å². The van der Waals surface area contributed by atoms with Crippen molar-refractivity contribution in [3.8, 4) is 0 Å². The van der Waals surface area contributed by atoms with Gasteiger partial charge in [0.05, 0.1) is 10.6 Å². The van der Waals surface area contributed by atoms with Crippen LogP contribution in [-0.2, 0) is 0 Å². The fraction of sp³-hybridized carbons (Fsp3) is 0.263. The maximum atomic E-state index is 12.3. The number of hydrogen-bond acceptors (Lipinski definition) is 4. The fourth-order valence-electron chi connectivity index (χ4n) is 2.42. The number of aryl methyl sites for hydroxylation is 1. The lowest BCUT2D eigenvalue weighted by atomic mass is 10.1. The molecule has 0 spiro atoms. The van der Waals surface area contributed by atoms with E-state index in [0.29, 0.717) is 11.1 Å². The first kappa shape index (κ1) is 18.3. The molecule has 0 saturated carbocycles. The highest BCUT2D eigenvalue weighted by molar-refractivity contribution is 6.02. The molecule has 0 heterocycles. The van der Waals surface area contributed by atoms with Crippen LogP contribution in [0.1, 0.15) is 47.7 Å². The lowest BCUT2D eigenvalue weighted by Gasteiger charge is -2.07. The van der Waals surface area contributed by atoms with Crippen molar-refractivity contribution in [2.24, 2.45) is 5.10 Å². The van der Waals surface area contributed by atoms with E-state index in [-0.39, 0.29) is 11.6 Å². The molecule has 0 saturated heterocycles. The number of rotatable bonds is 7. The first-order chi connectivity index (χ1) is 12.0. The van der Waals surface area contributed by atoms with Gasteiger partial charge < -0.3 is 0 Å². The van der Waals surface area contributed by atoms with Crippen molar-refractivity contribution in [3.05, 3.63) is 75.3 Å². The lowest BCUT2D eigenvalue weighted by Crippen LogP contribution is -2.20. The van der Waals surface area contributed by atoms with Crippen LogP contribution in [0.15, 0.2) is 53.6 Å². The van der Waals surface area contributed by atoms with E-state index in [4.69, 9.17) is 0 Å². The van der Waals surface area contributed by atoms with Crippen molar-refractivity contribution in [1.82, 2.24) is 5.43 Å². The second kappa shape index (κ2) is 8.73. The quantitative estimate of drug-likeness (QED) is 0.465. The van der Waals surface area contributed by atoms with Crippen molar-refractivity contribution >= 4 is 17.3 Å². The molecule has 0 aliphatic rings. The zero-order valence-corrected chi connectivity index (χ0v) is 14.4. The van der Waals surface area contributed by atoms with E-state index in [9.17, 15) is 14.9 Å². The Balaban J connectivity index is 2.18. The second-order valence-corrected chi connectivity index (χ2v) is 5.73. The highest BCUT2D eigenvalue weighted by Gasteiger charge is 2.14. The molecule has 130 valence electrons. The third-order valence-corrected chi connectivity index (χ3v) is 3.82. The van der Waals surface area contributed by atoms with E-state index in [1.807, 2.05) is 30.3 Å². The van der Waals surface area contributed by atoms with Crippen molar-refractivity contribution < 1.29 is 9.72 Å². The Kier molecular flexibility index (Phi) is 6.39. The Morgan fingerprint density at radius 2 is 1.88 bits per heavy atom. The molecule has 0 aliphatic carbocycles. The van der Waals surface area contributed by atoms with Gasteiger partial charge in [0.15, 0.2) is 0 Å². The normalized spacial score (nSPS) is 11.2. The van der Waals surface area contributed by atoms with Crippen LogP contribution in [0.5, 0.6) is 0 Å². The molecular formula is C19H21N3O3. The molecule has 0 aromatic heterocycles. The minimum absolute atomic E-state index is 0.00651. The Labute approximate surface area is 146 Å². The summed E-state index contributed by atoms with van der Waals surface area (Å²) in [6, 6.07) is 14.0. The molecule has 0 radical (unpaired) electrons. The Hall–Kier alpha value is -3.02. The standard InChI is InChI=1S/C19H21N3O3/c1-3-4-10-17(15-8-6-5-7-9-15)20-21-19(23)16-11-12-18(22(24)25)14(2)13-16/h5-9,11-13H,3-4,10H2,1-2H3,(H,21,23). The van der Waals surface area contributed by atoms with Crippen LogP contribution < -0.4 is 5.43 Å². The molecule has 1 N–H and O–H groups in total. The summed E-state index contributed by atoms with van der Waals surface area (Å²) in [6.45, 7) is 3.70.